The molecule has 1 saturated carbocycles. The van der Waals surface area contributed by atoms with E-state index in [0.717, 1.165) is 0 Å². The number of nitrogens with one attached hydrogen (secondary N) is 1. The number of amides is 2. The van der Waals surface area contributed by atoms with Gasteiger partial charge in [-0.2, -0.15) is 0 Å². The summed E-state index contributed by atoms with van der Waals surface area (Å²) in [6.45, 7) is -0.135. The van der Waals surface area contributed by atoms with E-state index in [0.29, 0.717) is 42.8 Å². The van der Waals surface area contributed by atoms with Gasteiger partial charge in [0, 0.05) is 11.8 Å². The van der Waals surface area contributed by atoms with Gasteiger partial charge in [-0.1, -0.05) is 12.8 Å². The highest BCUT2D eigenvalue weighted by Gasteiger charge is 2.49. The molecule has 0 spiro atoms. The van der Waals surface area contributed by atoms with Crippen LogP contribution in [0.1, 0.15) is 25.7 Å². The first kappa shape index (κ1) is 15.9. The van der Waals surface area contributed by atoms with E-state index in [1.54, 1.807) is 12.1 Å². The molecular formula is C17H16N2O5. The molecule has 0 aromatic heterocycles. The Kier molecular flexibility index (Phi) is 3.89. The highest BCUT2D eigenvalue weighted by Crippen LogP contribution is 2.41. The van der Waals surface area contributed by atoms with Gasteiger partial charge >= 0.3 is 11.9 Å². The molecule has 0 radical (unpaired) electrons. The lowest BCUT2D eigenvalue weighted by Crippen LogP contribution is -2.55. The van der Waals surface area contributed by atoms with Gasteiger partial charge in [0.05, 0.1) is 5.69 Å². The number of aliphatic carboxylic acids is 1. The van der Waals surface area contributed by atoms with Crippen molar-refractivity contribution in [3.63, 3.8) is 0 Å². The van der Waals surface area contributed by atoms with E-state index in [9.17, 15) is 19.5 Å². The third-order valence-electron chi connectivity index (χ3n) is 4.44. The van der Waals surface area contributed by atoms with Crippen LogP contribution in [0.25, 0.3) is 0 Å². The van der Waals surface area contributed by atoms with Crippen molar-refractivity contribution in [1.29, 1.82) is 0 Å². The van der Waals surface area contributed by atoms with Crippen molar-refractivity contribution < 1.29 is 24.2 Å². The molecule has 7 heteroatoms. The first-order valence-electron chi connectivity index (χ1n) is 7.59. The number of carboxylic acids is 1. The second kappa shape index (κ2) is 5.89. The van der Waals surface area contributed by atoms with E-state index in [-0.39, 0.29) is 12.5 Å². The van der Waals surface area contributed by atoms with Crippen molar-refractivity contribution in [1.82, 2.24) is 0 Å². The Morgan fingerprint density at radius 1 is 1.33 bits per heavy atom. The summed E-state index contributed by atoms with van der Waals surface area (Å²) in [5, 5.41) is 12.4. The van der Waals surface area contributed by atoms with Crippen molar-refractivity contribution in [3.8, 4) is 18.1 Å². The van der Waals surface area contributed by atoms with Crippen LogP contribution in [0.5, 0.6) is 5.75 Å². The standard InChI is InChI=1S/C17H16N2O5/c1-2-15(21)19(17(16(22)23)7-3-4-8-17)11-5-6-12-13(9-11)24-10-14(20)18-12/h1,5-6,9H,3-4,7-8,10H2,(H,18,20)(H,22,23). The maximum Gasteiger partial charge on any atom is 0.330 e. The number of hydrogen-bond acceptors (Lipinski definition) is 4. The number of nitrogens with zero attached hydrogens (tertiary/aromatic N) is 1. The molecule has 3 rings (SSSR count). The predicted molar refractivity (Wildman–Crippen MR) is 85.7 cm³/mol. The quantitative estimate of drug-likeness (QED) is 0.817. The summed E-state index contributed by atoms with van der Waals surface area (Å²) >= 11 is 0. The Morgan fingerprint density at radius 2 is 2.04 bits per heavy atom. The molecule has 1 aromatic carbocycles. The number of carbonyl (C=O) groups is 3. The molecule has 2 amide bonds. The molecule has 1 aliphatic carbocycles. The number of benzene rings is 1. The third kappa shape index (κ3) is 2.46. The number of rotatable bonds is 3. The third-order valence-corrected chi connectivity index (χ3v) is 4.44. The summed E-state index contributed by atoms with van der Waals surface area (Å²) in [4.78, 5) is 36.8. The maximum atomic E-state index is 12.3. The fourth-order valence-electron chi connectivity index (χ4n) is 3.32. The molecule has 0 saturated heterocycles. The topological polar surface area (TPSA) is 95.9 Å². The summed E-state index contributed by atoms with van der Waals surface area (Å²) in [6, 6.07) is 4.67. The van der Waals surface area contributed by atoms with Gasteiger partial charge < -0.3 is 15.2 Å². The van der Waals surface area contributed by atoms with E-state index in [1.807, 2.05) is 5.92 Å². The van der Waals surface area contributed by atoms with E-state index >= 15 is 0 Å². The van der Waals surface area contributed by atoms with Crippen LogP contribution in [0.15, 0.2) is 18.2 Å². The molecule has 24 heavy (non-hydrogen) atoms. The summed E-state index contributed by atoms with van der Waals surface area (Å²) < 4.78 is 5.35. The highest BCUT2D eigenvalue weighted by molar-refractivity contribution is 6.10. The van der Waals surface area contributed by atoms with Crippen LogP contribution in [0.4, 0.5) is 11.4 Å². The second-order valence-corrected chi connectivity index (χ2v) is 5.85. The number of hydrogen-bond donors (Lipinski definition) is 2. The number of anilines is 2. The van der Waals surface area contributed by atoms with Gasteiger partial charge in [-0.25, -0.2) is 4.79 Å². The smallest absolute Gasteiger partial charge is 0.330 e. The SMILES string of the molecule is C#CC(=O)N(c1ccc2c(c1)OCC(=O)N2)C1(C(=O)O)CCCC1. The molecular weight excluding hydrogens is 312 g/mol. The lowest BCUT2D eigenvalue weighted by molar-refractivity contribution is -0.144. The number of carbonyl (C=O) groups excluding carboxylic acids is 2. The zero-order valence-corrected chi connectivity index (χ0v) is 12.9. The molecule has 2 aliphatic rings. The normalized spacial score (nSPS) is 17.9. The van der Waals surface area contributed by atoms with Gasteiger partial charge in [0.1, 0.15) is 11.3 Å². The van der Waals surface area contributed by atoms with Crippen molar-refractivity contribution in [2.75, 3.05) is 16.8 Å². The van der Waals surface area contributed by atoms with Crippen LogP contribution in [0.2, 0.25) is 0 Å². The molecule has 1 fully saturated rings. The summed E-state index contributed by atoms with van der Waals surface area (Å²) in [7, 11) is 0. The Balaban J connectivity index is 2.08. The van der Waals surface area contributed by atoms with Gasteiger partial charge in [0.25, 0.3) is 5.91 Å². The summed E-state index contributed by atoms with van der Waals surface area (Å²) in [5.41, 5.74) is -0.536. The molecule has 2 N–H and O–H groups in total. The van der Waals surface area contributed by atoms with E-state index in [1.165, 1.54) is 11.0 Å². The molecule has 1 heterocycles. The van der Waals surface area contributed by atoms with Gasteiger partial charge in [-0.05, 0) is 30.9 Å². The molecule has 0 unspecified atom stereocenters. The minimum absolute atomic E-state index is 0.135. The number of carboxylic acid groups (broad SMARTS) is 1. The van der Waals surface area contributed by atoms with Crippen molar-refractivity contribution in [2.24, 2.45) is 0 Å². The first-order valence-corrected chi connectivity index (χ1v) is 7.59. The van der Waals surface area contributed by atoms with Crippen LogP contribution in [0, 0.1) is 12.3 Å². The van der Waals surface area contributed by atoms with Crippen LogP contribution in [-0.2, 0) is 14.4 Å². The minimum atomic E-state index is -1.35. The van der Waals surface area contributed by atoms with Crippen molar-refractivity contribution in [2.45, 2.75) is 31.2 Å². The monoisotopic (exact) mass is 328 g/mol. The fourth-order valence-corrected chi connectivity index (χ4v) is 3.32. The lowest BCUT2D eigenvalue weighted by Gasteiger charge is -2.37. The van der Waals surface area contributed by atoms with E-state index < -0.39 is 17.4 Å². The Labute approximate surface area is 138 Å². The van der Waals surface area contributed by atoms with Gasteiger partial charge in [-0.3, -0.25) is 14.5 Å². The van der Waals surface area contributed by atoms with Gasteiger partial charge in [0.15, 0.2) is 6.61 Å². The van der Waals surface area contributed by atoms with E-state index in [4.69, 9.17) is 11.2 Å². The zero-order valence-electron chi connectivity index (χ0n) is 12.9. The fraction of sp³-hybridized carbons (Fsp3) is 0.353. The van der Waals surface area contributed by atoms with E-state index in [2.05, 4.69) is 5.32 Å². The Morgan fingerprint density at radius 3 is 2.67 bits per heavy atom. The number of ether oxygens (including phenoxy) is 1. The largest absolute Gasteiger partial charge is 0.482 e. The zero-order chi connectivity index (χ0) is 17.3. The average molecular weight is 328 g/mol. The van der Waals surface area contributed by atoms with Crippen LogP contribution >= 0.6 is 0 Å². The van der Waals surface area contributed by atoms with Crippen molar-refractivity contribution in [3.05, 3.63) is 18.2 Å². The molecule has 1 aliphatic heterocycles. The predicted octanol–water partition coefficient (Wildman–Crippen LogP) is 1.38. The van der Waals surface area contributed by atoms with Crippen LogP contribution in [-0.4, -0.2) is 35.0 Å². The summed E-state index contributed by atoms with van der Waals surface area (Å²) in [5.74, 6) is 0.339. The number of terminal acetylenes is 1. The highest BCUT2D eigenvalue weighted by atomic mass is 16.5. The number of fused-ring (bicyclic) bond motifs is 1. The van der Waals surface area contributed by atoms with Crippen LogP contribution in [0.3, 0.4) is 0 Å². The average Bonchev–Trinajstić information content (AvgIpc) is 3.05. The molecule has 7 nitrogen and oxygen atoms in total. The van der Waals surface area contributed by atoms with Gasteiger partial charge in [-0.15, -0.1) is 6.42 Å². The van der Waals surface area contributed by atoms with Gasteiger partial charge in [0.2, 0.25) is 0 Å². The lowest BCUT2D eigenvalue weighted by atomic mass is 9.93. The maximum absolute atomic E-state index is 12.3. The molecule has 0 bridgehead atoms. The summed E-state index contributed by atoms with van der Waals surface area (Å²) in [6.07, 6.45) is 7.36. The van der Waals surface area contributed by atoms with Crippen molar-refractivity contribution >= 4 is 29.2 Å². The molecule has 1 aromatic rings. The second-order valence-electron chi connectivity index (χ2n) is 5.85. The Bertz CT molecular complexity index is 759. The molecule has 124 valence electrons. The molecule has 0 atom stereocenters. The first-order chi connectivity index (χ1) is 11.5. The Hall–Kier alpha value is -3.01. The van der Waals surface area contributed by atoms with Crippen LogP contribution < -0.4 is 15.0 Å². The minimum Gasteiger partial charge on any atom is -0.482 e.